The number of fused-ring (bicyclic) bond motifs is 1. The molecule has 2 rings (SSSR count). The highest BCUT2D eigenvalue weighted by Crippen LogP contribution is 2.34. The second kappa shape index (κ2) is 6.84. The minimum Gasteiger partial charge on any atom is -0.397 e. The largest absolute Gasteiger partial charge is 0.397 e. The minimum atomic E-state index is -0.215. The number of carbonyl (C=O) groups excluding carboxylic acids is 1. The smallest absolute Gasteiger partial charge is 0.263 e. The number of ether oxygens (including phenoxy) is 2. The average Bonchev–Trinajstić information content (AvgIpc) is 2.81. The van der Waals surface area contributed by atoms with E-state index in [-0.39, 0.29) is 12.0 Å². The molecule has 1 atom stereocenters. The van der Waals surface area contributed by atoms with Crippen molar-refractivity contribution < 1.29 is 14.3 Å². The summed E-state index contributed by atoms with van der Waals surface area (Å²) in [5.74, 6) is -0.215. The molecule has 2 heterocycles. The fraction of sp³-hybridized carbons (Fsp3) is 0.429. The summed E-state index contributed by atoms with van der Waals surface area (Å²) >= 11 is 1.30. The van der Waals surface area contributed by atoms with E-state index in [4.69, 9.17) is 15.2 Å². The van der Waals surface area contributed by atoms with E-state index < -0.39 is 0 Å². The van der Waals surface area contributed by atoms with Gasteiger partial charge in [-0.1, -0.05) is 0 Å². The number of rotatable bonds is 6. The van der Waals surface area contributed by atoms with Crippen LogP contribution in [0, 0.1) is 6.92 Å². The van der Waals surface area contributed by atoms with E-state index in [1.807, 2.05) is 13.0 Å². The molecule has 0 radical (unpaired) electrons. The molecular formula is C14H19N3O3S. The molecule has 2 aromatic rings. The van der Waals surface area contributed by atoms with E-state index in [0.29, 0.717) is 23.7 Å². The fourth-order valence-corrected chi connectivity index (χ4v) is 3.11. The highest BCUT2D eigenvalue weighted by atomic mass is 32.1. The zero-order valence-electron chi connectivity index (χ0n) is 12.3. The first-order valence-corrected chi connectivity index (χ1v) is 7.33. The van der Waals surface area contributed by atoms with Gasteiger partial charge in [-0.05, 0) is 18.6 Å². The second-order valence-corrected chi connectivity index (χ2v) is 5.68. The molecule has 0 aliphatic carbocycles. The van der Waals surface area contributed by atoms with Gasteiger partial charge in [-0.2, -0.15) is 0 Å². The number of nitrogen functional groups attached to an aromatic ring is 1. The van der Waals surface area contributed by atoms with E-state index in [2.05, 4.69) is 10.3 Å². The number of nitrogens with two attached hydrogens (primary N) is 1. The number of hydrogen-bond acceptors (Lipinski definition) is 6. The van der Waals surface area contributed by atoms with Crippen LogP contribution < -0.4 is 11.1 Å². The van der Waals surface area contributed by atoms with Crippen molar-refractivity contribution in [3.8, 4) is 0 Å². The predicted molar refractivity (Wildman–Crippen MR) is 83.8 cm³/mol. The van der Waals surface area contributed by atoms with Gasteiger partial charge in [0, 0.05) is 32.3 Å². The van der Waals surface area contributed by atoms with Crippen LogP contribution in [0.25, 0.3) is 10.2 Å². The Hall–Kier alpha value is -1.70. The van der Waals surface area contributed by atoms with Gasteiger partial charge in [-0.3, -0.25) is 4.79 Å². The van der Waals surface area contributed by atoms with Gasteiger partial charge in [0.15, 0.2) is 0 Å². The Morgan fingerprint density at radius 3 is 2.90 bits per heavy atom. The number of aryl methyl sites for hydroxylation is 1. The van der Waals surface area contributed by atoms with Crippen LogP contribution in [-0.4, -0.2) is 44.4 Å². The Labute approximate surface area is 127 Å². The first-order chi connectivity index (χ1) is 10.1. The standard InChI is InChI=1S/C14H19N3O3S/c1-8-4-5-16-14-10(8)11(15)12(21-14)13(18)17-6-9(20-3)7-19-2/h4-5,9H,6-7,15H2,1-3H3,(H,17,18). The van der Waals surface area contributed by atoms with E-state index in [0.717, 1.165) is 15.8 Å². The van der Waals surface area contributed by atoms with Crippen LogP contribution in [0.2, 0.25) is 0 Å². The van der Waals surface area contributed by atoms with Crippen LogP contribution in [-0.2, 0) is 9.47 Å². The van der Waals surface area contributed by atoms with Crippen molar-refractivity contribution in [2.75, 3.05) is 33.1 Å². The maximum Gasteiger partial charge on any atom is 0.263 e. The van der Waals surface area contributed by atoms with Gasteiger partial charge in [0.1, 0.15) is 9.71 Å². The SMILES string of the molecule is COCC(CNC(=O)c1sc2nccc(C)c2c1N)OC. The van der Waals surface area contributed by atoms with Gasteiger partial charge in [0.05, 0.1) is 18.4 Å². The van der Waals surface area contributed by atoms with Crippen LogP contribution in [0.4, 0.5) is 5.69 Å². The molecule has 0 fully saturated rings. The Kier molecular flexibility index (Phi) is 5.11. The third-order valence-electron chi connectivity index (χ3n) is 3.22. The first kappa shape index (κ1) is 15.7. The first-order valence-electron chi connectivity index (χ1n) is 6.52. The maximum atomic E-state index is 12.3. The number of nitrogens with one attached hydrogen (secondary N) is 1. The number of carbonyl (C=O) groups is 1. The van der Waals surface area contributed by atoms with Gasteiger partial charge in [0.25, 0.3) is 5.91 Å². The molecule has 0 saturated carbocycles. The molecule has 0 aliphatic heterocycles. The van der Waals surface area contributed by atoms with E-state index in [9.17, 15) is 4.79 Å². The summed E-state index contributed by atoms with van der Waals surface area (Å²) < 4.78 is 10.2. The van der Waals surface area contributed by atoms with Crippen LogP contribution in [0.3, 0.4) is 0 Å². The second-order valence-electron chi connectivity index (χ2n) is 4.68. The number of amides is 1. The Bertz CT molecular complexity index is 642. The molecule has 7 heteroatoms. The third-order valence-corrected chi connectivity index (χ3v) is 4.33. The molecule has 0 aliphatic rings. The van der Waals surface area contributed by atoms with Gasteiger partial charge < -0.3 is 20.5 Å². The summed E-state index contributed by atoms with van der Waals surface area (Å²) in [5.41, 5.74) is 7.59. The van der Waals surface area contributed by atoms with Crippen molar-refractivity contribution in [3.05, 3.63) is 22.7 Å². The van der Waals surface area contributed by atoms with Crippen molar-refractivity contribution in [2.24, 2.45) is 0 Å². The number of anilines is 1. The topological polar surface area (TPSA) is 86.5 Å². The normalized spacial score (nSPS) is 12.5. The zero-order valence-corrected chi connectivity index (χ0v) is 13.1. The summed E-state index contributed by atoms with van der Waals surface area (Å²) in [6, 6.07) is 1.88. The molecule has 6 nitrogen and oxygen atoms in total. The maximum absolute atomic E-state index is 12.3. The molecule has 114 valence electrons. The van der Waals surface area contributed by atoms with Crippen molar-refractivity contribution in [3.63, 3.8) is 0 Å². The van der Waals surface area contributed by atoms with Gasteiger partial charge in [-0.25, -0.2) is 4.98 Å². The molecule has 0 aromatic carbocycles. The van der Waals surface area contributed by atoms with Gasteiger partial charge >= 0.3 is 0 Å². The minimum absolute atomic E-state index is 0.186. The van der Waals surface area contributed by atoms with Crippen molar-refractivity contribution >= 4 is 33.1 Å². The highest BCUT2D eigenvalue weighted by Gasteiger charge is 2.19. The lowest BCUT2D eigenvalue weighted by molar-refractivity contribution is 0.0286. The number of pyridine rings is 1. The Morgan fingerprint density at radius 2 is 2.29 bits per heavy atom. The molecule has 2 aromatic heterocycles. The van der Waals surface area contributed by atoms with Crippen molar-refractivity contribution in [2.45, 2.75) is 13.0 Å². The number of thiophene rings is 1. The Morgan fingerprint density at radius 1 is 1.52 bits per heavy atom. The van der Waals surface area contributed by atoms with E-state index in [1.165, 1.54) is 11.3 Å². The van der Waals surface area contributed by atoms with Crippen molar-refractivity contribution in [1.82, 2.24) is 10.3 Å². The predicted octanol–water partition coefficient (Wildman–Crippen LogP) is 1.58. The average molecular weight is 309 g/mol. The molecule has 1 amide bonds. The van der Waals surface area contributed by atoms with Crippen LogP contribution >= 0.6 is 11.3 Å². The molecular weight excluding hydrogens is 290 g/mol. The van der Waals surface area contributed by atoms with E-state index >= 15 is 0 Å². The lowest BCUT2D eigenvalue weighted by atomic mass is 10.2. The molecule has 1 unspecified atom stereocenters. The monoisotopic (exact) mass is 309 g/mol. The number of nitrogens with zero attached hydrogens (tertiary/aromatic N) is 1. The molecule has 0 bridgehead atoms. The van der Waals surface area contributed by atoms with Crippen LogP contribution in [0.5, 0.6) is 0 Å². The summed E-state index contributed by atoms with van der Waals surface area (Å²) in [4.78, 5) is 17.8. The number of aromatic nitrogens is 1. The van der Waals surface area contributed by atoms with Crippen LogP contribution in [0.15, 0.2) is 12.3 Å². The Balaban J connectivity index is 2.16. The van der Waals surface area contributed by atoms with Gasteiger partial charge in [-0.15, -0.1) is 11.3 Å². The number of hydrogen-bond donors (Lipinski definition) is 2. The lowest BCUT2D eigenvalue weighted by Crippen LogP contribution is -2.35. The number of methoxy groups -OCH3 is 2. The molecule has 21 heavy (non-hydrogen) atoms. The zero-order chi connectivity index (χ0) is 15.4. The van der Waals surface area contributed by atoms with Gasteiger partial charge in [0.2, 0.25) is 0 Å². The molecule has 0 spiro atoms. The summed E-state index contributed by atoms with van der Waals surface area (Å²) in [7, 11) is 3.17. The van der Waals surface area contributed by atoms with Crippen molar-refractivity contribution in [1.29, 1.82) is 0 Å². The quantitative estimate of drug-likeness (QED) is 0.846. The third kappa shape index (κ3) is 3.31. The molecule has 0 saturated heterocycles. The fourth-order valence-electron chi connectivity index (χ4n) is 2.06. The summed E-state index contributed by atoms with van der Waals surface area (Å²) in [6.45, 7) is 2.73. The summed E-state index contributed by atoms with van der Waals surface area (Å²) in [5, 5.41) is 3.67. The highest BCUT2D eigenvalue weighted by molar-refractivity contribution is 7.21. The van der Waals surface area contributed by atoms with Crippen LogP contribution in [0.1, 0.15) is 15.2 Å². The summed E-state index contributed by atoms with van der Waals surface area (Å²) in [6.07, 6.45) is 1.53. The lowest BCUT2D eigenvalue weighted by Gasteiger charge is -2.14. The molecule has 3 N–H and O–H groups in total. The van der Waals surface area contributed by atoms with E-state index in [1.54, 1.807) is 20.4 Å².